The van der Waals surface area contributed by atoms with Crippen molar-refractivity contribution in [2.24, 2.45) is 5.73 Å². The number of primary amides is 1. The molecule has 0 aromatic heterocycles. The lowest BCUT2D eigenvalue weighted by Crippen LogP contribution is -2.46. The maximum Gasteiger partial charge on any atom is 0.240 e. The van der Waals surface area contributed by atoms with E-state index in [9.17, 15) is 14.0 Å². The average molecular weight is 406 g/mol. The lowest BCUT2D eigenvalue weighted by atomic mass is 10.0. The Kier molecular flexibility index (Phi) is 7.16. The molecule has 0 aliphatic rings. The minimum absolute atomic E-state index is 0.0320. The summed E-state index contributed by atoms with van der Waals surface area (Å²) in [5, 5.41) is 2.66. The van der Waals surface area contributed by atoms with E-state index < -0.39 is 11.9 Å². The Hall–Kier alpha value is -3.67. The summed E-state index contributed by atoms with van der Waals surface area (Å²) >= 11 is 0. The van der Waals surface area contributed by atoms with Crippen LogP contribution in [0.3, 0.4) is 0 Å². The first kappa shape index (κ1) is 21.0. The number of carbonyl (C=O) groups excluding carboxylic acids is 2. The van der Waals surface area contributed by atoms with Crippen LogP contribution < -0.4 is 15.8 Å². The highest BCUT2D eigenvalue weighted by Crippen LogP contribution is 2.16. The molecule has 0 aliphatic heterocycles. The number of hydrogen-bond acceptors (Lipinski definition) is 3. The molecule has 3 aromatic rings. The van der Waals surface area contributed by atoms with Gasteiger partial charge in [-0.3, -0.25) is 9.59 Å². The van der Waals surface area contributed by atoms with Crippen molar-refractivity contribution < 1.29 is 18.7 Å². The van der Waals surface area contributed by atoms with Crippen molar-refractivity contribution in [3.8, 4) is 5.75 Å². The molecule has 0 fully saturated rings. The number of benzene rings is 3. The van der Waals surface area contributed by atoms with Crippen LogP contribution in [0.5, 0.6) is 5.75 Å². The summed E-state index contributed by atoms with van der Waals surface area (Å²) in [6, 6.07) is 21.9. The predicted octanol–water partition coefficient (Wildman–Crippen LogP) is 3.16. The molecule has 0 spiro atoms. The largest absolute Gasteiger partial charge is 0.489 e. The van der Waals surface area contributed by atoms with E-state index in [1.165, 1.54) is 24.3 Å². The van der Waals surface area contributed by atoms with Crippen LogP contribution in [-0.2, 0) is 29.0 Å². The summed E-state index contributed by atoms with van der Waals surface area (Å²) in [6.07, 6.45) is 0.275. The molecule has 3 aromatic carbocycles. The fourth-order valence-corrected chi connectivity index (χ4v) is 2.99. The van der Waals surface area contributed by atoms with Crippen LogP contribution >= 0.6 is 0 Å². The van der Waals surface area contributed by atoms with Crippen molar-refractivity contribution in [2.45, 2.75) is 25.5 Å². The third-order valence-electron chi connectivity index (χ3n) is 4.54. The third kappa shape index (κ3) is 6.44. The molecule has 6 heteroatoms. The van der Waals surface area contributed by atoms with E-state index in [1.807, 2.05) is 54.6 Å². The summed E-state index contributed by atoms with van der Waals surface area (Å²) in [5.74, 6) is -0.694. The van der Waals surface area contributed by atoms with Gasteiger partial charge in [-0.1, -0.05) is 54.6 Å². The van der Waals surface area contributed by atoms with Gasteiger partial charge < -0.3 is 15.8 Å². The van der Waals surface area contributed by atoms with Gasteiger partial charge in [0.25, 0.3) is 0 Å². The summed E-state index contributed by atoms with van der Waals surface area (Å²) < 4.78 is 18.8. The van der Waals surface area contributed by atoms with Crippen molar-refractivity contribution in [1.82, 2.24) is 5.32 Å². The predicted molar refractivity (Wildman–Crippen MR) is 112 cm³/mol. The average Bonchev–Trinajstić information content (AvgIpc) is 2.74. The molecular weight excluding hydrogens is 383 g/mol. The maximum atomic E-state index is 13.0. The van der Waals surface area contributed by atoms with E-state index in [0.29, 0.717) is 17.9 Å². The van der Waals surface area contributed by atoms with Gasteiger partial charge in [-0.2, -0.15) is 0 Å². The van der Waals surface area contributed by atoms with Crippen LogP contribution in [0.4, 0.5) is 4.39 Å². The van der Waals surface area contributed by atoms with Crippen LogP contribution in [-0.4, -0.2) is 17.9 Å². The molecule has 5 nitrogen and oxygen atoms in total. The molecule has 0 radical (unpaired) electrons. The Morgan fingerprint density at radius 3 is 2.30 bits per heavy atom. The van der Waals surface area contributed by atoms with Gasteiger partial charge in [0.1, 0.15) is 24.2 Å². The van der Waals surface area contributed by atoms with Gasteiger partial charge in [0, 0.05) is 6.42 Å². The summed E-state index contributed by atoms with van der Waals surface area (Å²) in [6.45, 7) is 0.429. The Bertz CT molecular complexity index is 991. The van der Waals surface area contributed by atoms with Crippen molar-refractivity contribution in [3.05, 3.63) is 101 Å². The second-order valence-electron chi connectivity index (χ2n) is 6.95. The molecule has 3 N–H and O–H groups in total. The monoisotopic (exact) mass is 406 g/mol. The smallest absolute Gasteiger partial charge is 0.240 e. The van der Waals surface area contributed by atoms with Gasteiger partial charge in [0.15, 0.2) is 0 Å². The van der Waals surface area contributed by atoms with Gasteiger partial charge >= 0.3 is 0 Å². The normalized spacial score (nSPS) is 11.5. The van der Waals surface area contributed by atoms with Gasteiger partial charge in [-0.25, -0.2) is 4.39 Å². The molecule has 3 rings (SSSR count). The van der Waals surface area contributed by atoms with Crippen LogP contribution in [0.25, 0.3) is 0 Å². The molecule has 0 saturated carbocycles. The van der Waals surface area contributed by atoms with Crippen LogP contribution in [0.15, 0.2) is 78.9 Å². The molecule has 0 unspecified atom stereocenters. The Morgan fingerprint density at radius 2 is 1.60 bits per heavy atom. The van der Waals surface area contributed by atoms with Crippen LogP contribution in [0.2, 0.25) is 0 Å². The lowest BCUT2D eigenvalue weighted by molar-refractivity contribution is -0.127. The third-order valence-corrected chi connectivity index (χ3v) is 4.54. The standard InChI is InChI=1S/C24H23FN2O3/c25-20-11-9-17(10-12-20)15-23(28)27-22(24(26)29)14-19-7-4-8-21(13-19)30-16-18-5-2-1-3-6-18/h1-13,22H,14-16H2,(H2,26,29)(H,27,28)/t22-/m1/s1. The number of nitrogens with one attached hydrogen (secondary N) is 1. The number of ether oxygens (including phenoxy) is 1. The number of halogens is 1. The van der Waals surface area contributed by atoms with E-state index in [0.717, 1.165) is 11.1 Å². The molecule has 2 amide bonds. The van der Waals surface area contributed by atoms with Crippen molar-refractivity contribution in [3.63, 3.8) is 0 Å². The second kappa shape index (κ2) is 10.2. The van der Waals surface area contributed by atoms with E-state index in [2.05, 4.69) is 5.32 Å². The van der Waals surface area contributed by atoms with E-state index in [-0.39, 0.29) is 24.6 Å². The molecule has 154 valence electrons. The summed E-state index contributed by atoms with van der Waals surface area (Å²) in [5.41, 5.74) is 7.99. The molecule has 0 saturated heterocycles. The van der Waals surface area contributed by atoms with Crippen molar-refractivity contribution in [2.75, 3.05) is 0 Å². The SMILES string of the molecule is NC(=O)[C@@H](Cc1cccc(OCc2ccccc2)c1)NC(=O)Cc1ccc(F)cc1. The zero-order chi connectivity index (χ0) is 21.3. The number of nitrogens with two attached hydrogens (primary N) is 1. The zero-order valence-electron chi connectivity index (χ0n) is 16.4. The summed E-state index contributed by atoms with van der Waals surface area (Å²) in [4.78, 5) is 24.2. The highest BCUT2D eigenvalue weighted by molar-refractivity contribution is 5.87. The number of amides is 2. The fraction of sp³-hybridized carbons (Fsp3) is 0.167. The van der Waals surface area contributed by atoms with Crippen LogP contribution in [0, 0.1) is 5.82 Å². The fourth-order valence-electron chi connectivity index (χ4n) is 2.99. The topological polar surface area (TPSA) is 81.4 Å². The highest BCUT2D eigenvalue weighted by atomic mass is 19.1. The van der Waals surface area contributed by atoms with Gasteiger partial charge in [-0.15, -0.1) is 0 Å². The minimum atomic E-state index is -0.859. The first-order valence-corrected chi connectivity index (χ1v) is 9.58. The van der Waals surface area contributed by atoms with Gasteiger partial charge in [-0.05, 0) is 41.0 Å². The van der Waals surface area contributed by atoms with Crippen molar-refractivity contribution >= 4 is 11.8 Å². The molecule has 1 atom stereocenters. The Labute approximate surface area is 174 Å². The molecule has 0 bridgehead atoms. The number of rotatable bonds is 9. The van der Waals surface area contributed by atoms with Gasteiger partial charge in [0.05, 0.1) is 6.42 Å². The highest BCUT2D eigenvalue weighted by Gasteiger charge is 2.19. The number of carbonyl (C=O) groups is 2. The van der Waals surface area contributed by atoms with E-state index in [1.54, 1.807) is 0 Å². The maximum absolute atomic E-state index is 13.0. The first-order valence-electron chi connectivity index (χ1n) is 9.58. The second-order valence-corrected chi connectivity index (χ2v) is 6.95. The zero-order valence-corrected chi connectivity index (χ0v) is 16.4. The molecule has 30 heavy (non-hydrogen) atoms. The quantitative estimate of drug-likeness (QED) is 0.573. The van der Waals surface area contributed by atoms with Crippen LogP contribution in [0.1, 0.15) is 16.7 Å². The minimum Gasteiger partial charge on any atom is -0.489 e. The van der Waals surface area contributed by atoms with Gasteiger partial charge in [0.2, 0.25) is 11.8 Å². The Morgan fingerprint density at radius 1 is 0.900 bits per heavy atom. The molecule has 0 heterocycles. The number of hydrogen-bond donors (Lipinski definition) is 2. The molecular formula is C24H23FN2O3. The summed E-state index contributed by atoms with van der Waals surface area (Å²) in [7, 11) is 0. The lowest BCUT2D eigenvalue weighted by Gasteiger charge is -2.16. The first-order chi connectivity index (χ1) is 14.5. The van der Waals surface area contributed by atoms with E-state index in [4.69, 9.17) is 10.5 Å². The molecule has 0 aliphatic carbocycles. The Balaban J connectivity index is 1.59. The van der Waals surface area contributed by atoms with E-state index >= 15 is 0 Å². The van der Waals surface area contributed by atoms with Crippen molar-refractivity contribution in [1.29, 1.82) is 0 Å².